The summed E-state index contributed by atoms with van der Waals surface area (Å²) in [6, 6.07) is 4.63. The predicted octanol–water partition coefficient (Wildman–Crippen LogP) is 2.43. The molecule has 0 heterocycles. The van der Waals surface area contributed by atoms with E-state index in [1.54, 1.807) is 19.2 Å². The zero-order valence-corrected chi connectivity index (χ0v) is 10.4. The van der Waals surface area contributed by atoms with Gasteiger partial charge in [0.05, 0.1) is 5.60 Å². The lowest BCUT2D eigenvalue weighted by Gasteiger charge is -2.30. The Morgan fingerprint density at radius 2 is 2.06 bits per heavy atom. The maximum atomic E-state index is 13.1. The first-order valence-corrected chi connectivity index (χ1v) is 5.42. The summed E-state index contributed by atoms with van der Waals surface area (Å²) in [4.78, 5) is 0. The van der Waals surface area contributed by atoms with Crippen LogP contribution in [-0.4, -0.2) is 18.8 Å². The lowest BCUT2D eigenvalue weighted by atomic mass is 9.91. The molecule has 0 aromatic heterocycles. The average molecular weight is 225 g/mol. The number of hydrogen-bond acceptors (Lipinski definition) is 2. The van der Waals surface area contributed by atoms with Gasteiger partial charge in [0, 0.05) is 13.2 Å². The fourth-order valence-corrected chi connectivity index (χ4v) is 1.49. The minimum atomic E-state index is -0.404. The highest BCUT2D eigenvalue weighted by Gasteiger charge is 2.26. The van der Waals surface area contributed by atoms with Crippen molar-refractivity contribution in [2.24, 2.45) is 5.73 Å². The maximum Gasteiger partial charge on any atom is 0.123 e. The van der Waals surface area contributed by atoms with Crippen LogP contribution in [0.2, 0.25) is 0 Å². The van der Waals surface area contributed by atoms with Crippen LogP contribution in [0.1, 0.15) is 25.0 Å². The molecule has 1 unspecified atom stereocenters. The van der Waals surface area contributed by atoms with Crippen LogP contribution >= 0.6 is 0 Å². The summed E-state index contributed by atoms with van der Waals surface area (Å²) < 4.78 is 18.4. The smallest absolute Gasteiger partial charge is 0.123 e. The minimum Gasteiger partial charge on any atom is -0.377 e. The topological polar surface area (TPSA) is 35.2 Å². The minimum absolute atomic E-state index is 0.155. The number of methoxy groups -OCH3 is 1. The van der Waals surface area contributed by atoms with Crippen molar-refractivity contribution in [3.63, 3.8) is 0 Å². The molecule has 0 aliphatic rings. The van der Waals surface area contributed by atoms with E-state index in [0.29, 0.717) is 6.42 Å². The molecule has 90 valence electrons. The third-order valence-corrected chi connectivity index (χ3v) is 3.17. The Morgan fingerprint density at radius 3 is 2.62 bits per heavy atom. The molecule has 0 radical (unpaired) electrons. The summed E-state index contributed by atoms with van der Waals surface area (Å²) in [6.45, 7) is 5.83. The predicted molar refractivity (Wildman–Crippen MR) is 63.9 cm³/mol. The van der Waals surface area contributed by atoms with Crippen LogP contribution in [0.4, 0.5) is 4.39 Å². The fraction of sp³-hybridized carbons (Fsp3) is 0.538. The summed E-state index contributed by atoms with van der Waals surface area (Å²) in [5, 5.41) is 0. The van der Waals surface area contributed by atoms with Gasteiger partial charge in [0.15, 0.2) is 0 Å². The number of aryl methyl sites for hydroxylation is 1. The summed E-state index contributed by atoms with van der Waals surface area (Å²) in [6.07, 6.45) is 0.616. The van der Waals surface area contributed by atoms with Crippen LogP contribution in [0.5, 0.6) is 0 Å². The van der Waals surface area contributed by atoms with Gasteiger partial charge in [-0.05, 0) is 50.5 Å². The number of nitrogens with two attached hydrogens (primary N) is 1. The van der Waals surface area contributed by atoms with Crippen LogP contribution in [0, 0.1) is 12.7 Å². The molecule has 0 saturated carbocycles. The number of ether oxygens (including phenoxy) is 1. The van der Waals surface area contributed by atoms with Crippen molar-refractivity contribution in [1.82, 2.24) is 0 Å². The van der Waals surface area contributed by atoms with Gasteiger partial charge in [0.2, 0.25) is 0 Å². The molecule has 1 rings (SSSR count). The van der Waals surface area contributed by atoms with E-state index in [4.69, 9.17) is 10.5 Å². The molecule has 1 aromatic rings. The highest BCUT2D eigenvalue weighted by molar-refractivity contribution is 5.27. The molecule has 2 N–H and O–H groups in total. The van der Waals surface area contributed by atoms with E-state index in [9.17, 15) is 4.39 Å². The summed E-state index contributed by atoms with van der Waals surface area (Å²) >= 11 is 0. The van der Waals surface area contributed by atoms with Crippen LogP contribution in [-0.2, 0) is 11.2 Å². The molecule has 0 bridgehead atoms. The third kappa shape index (κ3) is 3.03. The van der Waals surface area contributed by atoms with Crippen LogP contribution in [0.25, 0.3) is 0 Å². The van der Waals surface area contributed by atoms with Gasteiger partial charge >= 0.3 is 0 Å². The van der Waals surface area contributed by atoms with Gasteiger partial charge < -0.3 is 10.5 Å². The van der Waals surface area contributed by atoms with Crippen LogP contribution < -0.4 is 5.73 Å². The molecule has 0 aliphatic heterocycles. The number of benzene rings is 1. The van der Waals surface area contributed by atoms with E-state index < -0.39 is 5.60 Å². The second kappa shape index (κ2) is 4.93. The van der Waals surface area contributed by atoms with Gasteiger partial charge in [0.25, 0.3) is 0 Å². The Balaban J connectivity index is 2.84. The maximum absolute atomic E-state index is 13.1. The Labute approximate surface area is 96.6 Å². The first kappa shape index (κ1) is 13.1. The van der Waals surface area contributed by atoms with Crippen molar-refractivity contribution in [2.75, 3.05) is 7.11 Å². The summed E-state index contributed by atoms with van der Waals surface area (Å²) in [5.41, 5.74) is 7.66. The number of rotatable bonds is 4. The molecule has 16 heavy (non-hydrogen) atoms. The molecular weight excluding hydrogens is 205 g/mol. The second-order valence-corrected chi connectivity index (χ2v) is 4.69. The Hall–Kier alpha value is -0.930. The SMILES string of the molecule is COC(C)(C)C(N)Cc1cc(F)ccc1C. The zero-order chi connectivity index (χ0) is 12.3. The normalized spacial score (nSPS) is 13.9. The third-order valence-electron chi connectivity index (χ3n) is 3.17. The monoisotopic (exact) mass is 225 g/mol. The van der Waals surface area contributed by atoms with Gasteiger partial charge in [-0.3, -0.25) is 0 Å². The molecule has 0 fully saturated rings. The van der Waals surface area contributed by atoms with Crippen LogP contribution in [0.15, 0.2) is 18.2 Å². The van der Waals surface area contributed by atoms with Crippen LogP contribution in [0.3, 0.4) is 0 Å². The Morgan fingerprint density at radius 1 is 1.44 bits per heavy atom. The van der Waals surface area contributed by atoms with E-state index in [-0.39, 0.29) is 11.9 Å². The lowest BCUT2D eigenvalue weighted by molar-refractivity contribution is 0.000761. The molecule has 3 heteroatoms. The van der Waals surface area contributed by atoms with Gasteiger partial charge in [-0.2, -0.15) is 0 Å². The highest BCUT2D eigenvalue weighted by Crippen LogP contribution is 2.19. The van der Waals surface area contributed by atoms with E-state index in [0.717, 1.165) is 11.1 Å². The van der Waals surface area contributed by atoms with Crippen molar-refractivity contribution in [2.45, 2.75) is 38.8 Å². The van der Waals surface area contributed by atoms with Crippen molar-refractivity contribution in [3.05, 3.63) is 35.1 Å². The number of hydrogen-bond donors (Lipinski definition) is 1. The molecular formula is C13H20FNO. The molecule has 0 spiro atoms. The fourth-order valence-electron chi connectivity index (χ4n) is 1.49. The van der Waals surface area contributed by atoms with Crippen molar-refractivity contribution < 1.29 is 9.13 Å². The van der Waals surface area contributed by atoms with E-state index in [2.05, 4.69) is 0 Å². The molecule has 1 aromatic carbocycles. The molecule has 0 saturated heterocycles. The lowest BCUT2D eigenvalue weighted by Crippen LogP contribution is -2.46. The second-order valence-electron chi connectivity index (χ2n) is 4.69. The van der Waals surface area contributed by atoms with Gasteiger partial charge in [-0.1, -0.05) is 6.07 Å². The van der Waals surface area contributed by atoms with Crippen molar-refractivity contribution in [1.29, 1.82) is 0 Å². The van der Waals surface area contributed by atoms with Gasteiger partial charge in [-0.15, -0.1) is 0 Å². The Bertz CT molecular complexity index is 363. The number of halogens is 1. The van der Waals surface area contributed by atoms with E-state index in [1.807, 2.05) is 20.8 Å². The zero-order valence-electron chi connectivity index (χ0n) is 10.4. The largest absolute Gasteiger partial charge is 0.377 e. The quantitative estimate of drug-likeness (QED) is 0.854. The van der Waals surface area contributed by atoms with Gasteiger partial charge in [-0.25, -0.2) is 4.39 Å². The first-order chi connectivity index (χ1) is 7.36. The highest BCUT2D eigenvalue weighted by atomic mass is 19.1. The Kier molecular flexibility index (Phi) is 4.05. The standard InChI is InChI=1S/C13H20FNO/c1-9-5-6-11(14)7-10(9)8-12(15)13(2,3)16-4/h5-7,12H,8,15H2,1-4H3. The molecule has 0 aliphatic carbocycles. The van der Waals surface area contributed by atoms with E-state index >= 15 is 0 Å². The van der Waals surface area contributed by atoms with Gasteiger partial charge in [0.1, 0.15) is 5.82 Å². The molecule has 0 amide bonds. The first-order valence-electron chi connectivity index (χ1n) is 5.42. The van der Waals surface area contributed by atoms with Crippen molar-refractivity contribution in [3.8, 4) is 0 Å². The average Bonchev–Trinajstić information content (AvgIpc) is 2.23. The molecule has 1 atom stereocenters. The summed E-state index contributed by atoms with van der Waals surface area (Å²) in [7, 11) is 1.64. The summed E-state index contributed by atoms with van der Waals surface area (Å²) in [5.74, 6) is -0.219. The molecule has 2 nitrogen and oxygen atoms in total. The van der Waals surface area contributed by atoms with E-state index in [1.165, 1.54) is 6.07 Å². The van der Waals surface area contributed by atoms with Crippen molar-refractivity contribution >= 4 is 0 Å².